The number of benzene rings is 9. The third kappa shape index (κ3) is 5.83. The van der Waals surface area contributed by atoms with Gasteiger partial charge < -0.3 is 18.5 Å². The van der Waals surface area contributed by atoms with Crippen molar-refractivity contribution in [3.05, 3.63) is 206 Å². The molecule has 4 heteroatoms. The number of hydrogen-bond acceptors (Lipinski definition) is 2. The largest absolute Gasteiger partial charge is 0.454 e. The third-order valence-corrected chi connectivity index (χ3v) is 13.9. The average Bonchev–Trinajstić information content (AvgIpc) is 4.03. The van der Waals surface area contributed by atoms with Crippen molar-refractivity contribution in [2.24, 2.45) is 0 Å². The number of rotatable bonds is 7. The highest BCUT2D eigenvalue weighted by atomic mass is 16.3. The molecule has 1 aliphatic carbocycles. The normalized spacial score (nSPS) is 13.6. The van der Waals surface area contributed by atoms with Gasteiger partial charge in [0.15, 0.2) is 5.58 Å². The van der Waals surface area contributed by atoms with E-state index in [0.29, 0.717) is 6.04 Å². The van der Waals surface area contributed by atoms with Gasteiger partial charge in [0.05, 0.1) is 27.9 Å². The highest BCUT2D eigenvalue weighted by molar-refractivity contribution is 6.18. The second kappa shape index (κ2) is 14.9. The second-order valence-corrected chi connectivity index (χ2v) is 17.5. The Morgan fingerprint density at radius 3 is 1.83 bits per heavy atom. The molecular formula is C60H45N3O. The van der Waals surface area contributed by atoms with Crippen LogP contribution in [0.3, 0.4) is 0 Å². The average molecular weight is 824 g/mol. The van der Waals surface area contributed by atoms with Crippen LogP contribution in [0.2, 0.25) is 0 Å². The fraction of sp³-hybridized carbons (Fsp3) is 0.100. The zero-order valence-corrected chi connectivity index (χ0v) is 35.5. The summed E-state index contributed by atoms with van der Waals surface area (Å²) in [6, 6.07) is 75.8. The lowest BCUT2D eigenvalue weighted by atomic mass is 9.95. The molecule has 0 amide bonds. The van der Waals surface area contributed by atoms with E-state index in [1.54, 1.807) is 0 Å². The highest BCUT2D eigenvalue weighted by Gasteiger charge is 2.26. The number of furan rings is 1. The number of nitrogens with zero attached hydrogens (tertiary/aromatic N) is 3. The van der Waals surface area contributed by atoms with E-state index in [2.05, 4.69) is 220 Å². The Balaban J connectivity index is 0.975. The van der Waals surface area contributed by atoms with Crippen molar-refractivity contribution in [3.63, 3.8) is 0 Å². The topological polar surface area (TPSA) is 26.2 Å². The first-order valence-corrected chi connectivity index (χ1v) is 22.8. The van der Waals surface area contributed by atoms with Gasteiger partial charge in [-0.25, -0.2) is 0 Å². The van der Waals surface area contributed by atoms with Crippen LogP contribution in [0.4, 0.5) is 17.1 Å². The van der Waals surface area contributed by atoms with E-state index in [0.717, 1.165) is 50.3 Å². The first kappa shape index (κ1) is 36.8. The SMILES string of the molecule is c1ccc(-c2ccc(-n3c4ccccc4c4ccc(-c5ccc(N(c6cccc7c6oc6ccccc67)c6cccc7c6c6ccccc6n7C6CCCCC6)cc5)cc43)cc2)cc1. The van der Waals surface area contributed by atoms with Gasteiger partial charge in [0.25, 0.3) is 0 Å². The molecule has 12 aromatic rings. The van der Waals surface area contributed by atoms with E-state index in [1.807, 2.05) is 0 Å². The molecule has 64 heavy (non-hydrogen) atoms. The van der Waals surface area contributed by atoms with Crippen LogP contribution < -0.4 is 4.90 Å². The summed E-state index contributed by atoms with van der Waals surface area (Å²) in [5, 5.41) is 7.30. The zero-order valence-electron chi connectivity index (χ0n) is 35.5. The Hall–Kier alpha value is -7.82. The van der Waals surface area contributed by atoms with Crippen LogP contribution in [0.15, 0.2) is 211 Å². The maximum absolute atomic E-state index is 6.79. The molecule has 0 N–H and O–H groups in total. The third-order valence-electron chi connectivity index (χ3n) is 13.9. The number of fused-ring (bicyclic) bond motifs is 9. The molecule has 0 atom stereocenters. The van der Waals surface area contributed by atoms with E-state index in [1.165, 1.54) is 92.4 Å². The molecule has 0 aliphatic heterocycles. The molecule has 306 valence electrons. The fourth-order valence-electron chi connectivity index (χ4n) is 10.9. The standard InChI is InChI=1S/C60H45N3O/c1-3-15-40(16-4-1)41-29-34-45(35-30-41)62-52-23-10-7-19-47(52)48-38-33-43(39-57(48)62)42-31-36-46(37-32-42)63(56-27-13-22-50-49-20-9-12-28-58(49)64-60(50)56)55-26-14-25-54-59(55)51-21-8-11-24-53(51)61(54)44-17-5-2-6-18-44/h1,3-4,7-16,19-39,44H,2,5-6,17-18H2. The summed E-state index contributed by atoms with van der Waals surface area (Å²) >= 11 is 0. The molecule has 1 saturated carbocycles. The summed E-state index contributed by atoms with van der Waals surface area (Å²) in [6.45, 7) is 0. The van der Waals surface area contributed by atoms with Gasteiger partial charge in [-0.3, -0.25) is 0 Å². The van der Waals surface area contributed by atoms with E-state index >= 15 is 0 Å². The maximum atomic E-state index is 6.79. The van der Waals surface area contributed by atoms with E-state index in [4.69, 9.17) is 4.42 Å². The predicted molar refractivity (Wildman–Crippen MR) is 269 cm³/mol. The van der Waals surface area contributed by atoms with Crippen LogP contribution >= 0.6 is 0 Å². The second-order valence-electron chi connectivity index (χ2n) is 17.5. The van der Waals surface area contributed by atoms with Crippen LogP contribution in [0, 0.1) is 0 Å². The van der Waals surface area contributed by atoms with E-state index in [-0.39, 0.29) is 0 Å². The summed E-state index contributed by atoms with van der Waals surface area (Å²) < 4.78 is 11.9. The summed E-state index contributed by atoms with van der Waals surface area (Å²) in [5.41, 5.74) is 15.9. The van der Waals surface area contributed by atoms with E-state index in [9.17, 15) is 0 Å². The van der Waals surface area contributed by atoms with Crippen molar-refractivity contribution in [1.29, 1.82) is 0 Å². The molecule has 1 fully saturated rings. The van der Waals surface area contributed by atoms with Gasteiger partial charge in [0.2, 0.25) is 0 Å². The Morgan fingerprint density at radius 1 is 0.406 bits per heavy atom. The van der Waals surface area contributed by atoms with Crippen molar-refractivity contribution in [2.75, 3.05) is 4.90 Å². The predicted octanol–water partition coefficient (Wildman–Crippen LogP) is 17.1. The number of anilines is 3. The van der Waals surface area contributed by atoms with Gasteiger partial charge >= 0.3 is 0 Å². The van der Waals surface area contributed by atoms with Crippen molar-refractivity contribution in [1.82, 2.24) is 9.13 Å². The van der Waals surface area contributed by atoms with Gasteiger partial charge in [0, 0.05) is 55.3 Å². The van der Waals surface area contributed by atoms with Crippen LogP contribution in [0.5, 0.6) is 0 Å². The lowest BCUT2D eigenvalue weighted by molar-refractivity contribution is 0.367. The Bertz CT molecular complexity index is 3700. The van der Waals surface area contributed by atoms with Gasteiger partial charge in [-0.15, -0.1) is 0 Å². The van der Waals surface area contributed by atoms with Gasteiger partial charge in [-0.1, -0.05) is 159 Å². The molecule has 3 aromatic heterocycles. The molecule has 0 spiro atoms. The summed E-state index contributed by atoms with van der Waals surface area (Å²) in [6.07, 6.45) is 6.32. The maximum Gasteiger partial charge on any atom is 0.159 e. The molecule has 0 unspecified atom stereocenters. The molecule has 1 aliphatic rings. The van der Waals surface area contributed by atoms with Crippen molar-refractivity contribution in [2.45, 2.75) is 38.1 Å². The Morgan fingerprint density at radius 2 is 1.00 bits per heavy atom. The molecule has 0 saturated heterocycles. The molecule has 3 heterocycles. The van der Waals surface area contributed by atoms with Gasteiger partial charge in [0.1, 0.15) is 5.58 Å². The minimum atomic E-state index is 0.489. The lowest BCUT2D eigenvalue weighted by Crippen LogP contribution is -2.13. The Labute approximate surface area is 371 Å². The molecule has 0 bridgehead atoms. The van der Waals surface area contributed by atoms with Crippen LogP contribution in [-0.2, 0) is 0 Å². The first-order chi connectivity index (χ1) is 31.8. The smallest absolute Gasteiger partial charge is 0.159 e. The fourth-order valence-corrected chi connectivity index (χ4v) is 10.9. The summed E-state index contributed by atoms with van der Waals surface area (Å²) in [4.78, 5) is 2.44. The quantitative estimate of drug-likeness (QED) is 0.160. The van der Waals surface area contributed by atoms with Crippen LogP contribution in [0.1, 0.15) is 38.1 Å². The molecule has 4 nitrogen and oxygen atoms in total. The minimum Gasteiger partial charge on any atom is -0.454 e. The summed E-state index contributed by atoms with van der Waals surface area (Å²) in [7, 11) is 0. The van der Waals surface area contributed by atoms with Crippen molar-refractivity contribution >= 4 is 82.6 Å². The number of hydrogen-bond donors (Lipinski definition) is 0. The monoisotopic (exact) mass is 823 g/mol. The summed E-state index contributed by atoms with van der Waals surface area (Å²) in [5.74, 6) is 0. The van der Waals surface area contributed by atoms with E-state index < -0.39 is 0 Å². The number of aromatic nitrogens is 2. The van der Waals surface area contributed by atoms with Gasteiger partial charge in [-0.05, 0) is 102 Å². The lowest BCUT2D eigenvalue weighted by Gasteiger charge is -2.27. The van der Waals surface area contributed by atoms with Crippen LogP contribution in [-0.4, -0.2) is 9.13 Å². The van der Waals surface area contributed by atoms with Crippen LogP contribution in [0.25, 0.3) is 93.5 Å². The molecule has 0 radical (unpaired) electrons. The van der Waals surface area contributed by atoms with Crippen molar-refractivity contribution in [3.8, 4) is 27.9 Å². The zero-order chi connectivity index (χ0) is 42.1. The first-order valence-electron chi connectivity index (χ1n) is 22.8. The Kier molecular flexibility index (Phi) is 8.58. The molecular weight excluding hydrogens is 779 g/mol. The highest BCUT2D eigenvalue weighted by Crippen LogP contribution is 2.48. The van der Waals surface area contributed by atoms with Crippen molar-refractivity contribution < 1.29 is 4.42 Å². The minimum absolute atomic E-state index is 0.489. The molecule has 9 aromatic carbocycles. The molecule has 13 rings (SSSR count). The van der Waals surface area contributed by atoms with Gasteiger partial charge in [-0.2, -0.15) is 0 Å². The number of para-hydroxylation sites is 4.